The molecule has 0 N–H and O–H groups in total. The summed E-state index contributed by atoms with van der Waals surface area (Å²) in [6, 6.07) is 23.6. The van der Waals surface area contributed by atoms with Gasteiger partial charge in [-0.25, -0.2) is 0 Å². The van der Waals surface area contributed by atoms with Crippen molar-refractivity contribution in [2.45, 2.75) is 0 Å². The maximum Gasteiger partial charge on any atom is 0.120 e. The van der Waals surface area contributed by atoms with E-state index < -0.39 is 0 Å². The Hall–Kier alpha value is -3.21. The molecule has 147 valence electrons. The van der Waals surface area contributed by atoms with E-state index in [0.717, 1.165) is 16.6 Å². The van der Waals surface area contributed by atoms with Gasteiger partial charge in [-0.1, -0.05) is 47.9 Å². The first-order valence-corrected chi connectivity index (χ1v) is 9.50. The smallest absolute Gasteiger partial charge is 0.120 e. The molecular weight excluding hydrogens is 547 g/mol. The summed E-state index contributed by atoms with van der Waals surface area (Å²) in [6.45, 7) is 0.108. The first-order chi connectivity index (χ1) is 14.4. The van der Waals surface area contributed by atoms with Crippen molar-refractivity contribution in [1.82, 2.24) is 14.4 Å². The van der Waals surface area contributed by atoms with Crippen LogP contribution < -0.4 is 5.59 Å². The molecule has 0 saturated carbocycles. The van der Waals surface area contributed by atoms with Gasteiger partial charge in [-0.05, 0) is 23.1 Å². The molecule has 0 spiro atoms. The van der Waals surface area contributed by atoms with Gasteiger partial charge >= 0.3 is 0 Å². The van der Waals surface area contributed by atoms with Crippen LogP contribution in [-0.4, -0.2) is 21.2 Å². The Bertz CT molecular complexity index is 1280. The van der Waals surface area contributed by atoms with Crippen LogP contribution in [0.4, 0.5) is 0 Å². The summed E-state index contributed by atoms with van der Waals surface area (Å²) in [7, 11) is 0. The minimum absolute atomic E-state index is 0. The summed E-state index contributed by atoms with van der Waals surface area (Å²) in [5.41, 5.74) is 3.16. The van der Waals surface area contributed by atoms with Crippen molar-refractivity contribution >= 4 is 39.8 Å². The van der Waals surface area contributed by atoms with Crippen molar-refractivity contribution in [2.75, 3.05) is 0 Å². The molecule has 1 radical (unpaired) electrons. The van der Waals surface area contributed by atoms with E-state index in [9.17, 15) is 0 Å². The number of benzene rings is 2. The van der Waals surface area contributed by atoms with Gasteiger partial charge in [0.1, 0.15) is 6.85 Å². The van der Waals surface area contributed by atoms with Gasteiger partial charge in [-0.3, -0.25) is 9.97 Å². The van der Waals surface area contributed by atoms with Crippen molar-refractivity contribution in [1.29, 1.82) is 0 Å². The summed E-state index contributed by atoms with van der Waals surface area (Å²) in [6.07, 6.45) is 11.3. The van der Waals surface area contributed by atoms with E-state index in [1.165, 1.54) is 16.3 Å². The van der Waals surface area contributed by atoms with E-state index in [-0.39, 0.29) is 27.0 Å². The molecule has 6 heteroatoms. The fraction of sp³-hybridized carbons (Fsp3) is 0. The molecule has 0 fully saturated rings. The zero-order valence-corrected chi connectivity index (χ0v) is 18.4. The Balaban J connectivity index is 0.000000149. The van der Waals surface area contributed by atoms with Crippen molar-refractivity contribution in [3.8, 4) is 0 Å². The number of pyridine rings is 2. The van der Waals surface area contributed by atoms with Gasteiger partial charge in [0.2, 0.25) is 0 Å². The van der Waals surface area contributed by atoms with Crippen molar-refractivity contribution in [2.24, 2.45) is 0 Å². The van der Waals surface area contributed by atoms with E-state index in [1.54, 1.807) is 12.4 Å². The molecule has 0 saturated heterocycles. The Morgan fingerprint density at radius 1 is 0.867 bits per heavy atom. The molecule has 3 aromatic heterocycles. The molecule has 4 heterocycles. The van der Waals surface area contributed by atoms with Gasteiger partial charge in [0, 0.05) is 44.2 Å². The molecule has 0 unspecified atom stereocenters. The molecule has 30 heavy (non-hydrogen) atoms. The summed E-state index contributed by atoms with van der Waals surface area (Å²) in [4.78, 5) is 8.65. The molecule has 5 aromatic rings. The Labute approximate surface area is 188 Å². The molecule has 0 aliphatic carbocycles. The third-order valence-electron chi connectivity index (χ3n) is 4.90. The average Bonchev–Trinajstić information content (AvgIpc) is 3.32. The fourth-order valence-electron chi connectivity index (χ4n) is 3.58. The summed E-state index contributed by atoms with van der Waals surface area (Å²) in [5, 5.41) is 7.80. The van der Waals surface area contributed by atoms with Gasteiger partial charge in [-0.15, -0.1) is 35.6 Å². The second-order valence-corrected chi connectivity index (χ2v) is 6.67. The van der Waals surface area contributed by atoms with Crippen LogP contribution in [0.15, 0.2) is 104 Å². The zero-order chi connectivity index (χ0) is 19.5. The summed E-state index contributed by atoms with van der Waals surface area (Å²) >= 11 is 0. The third-order valence-corrected chi connectivity index (χ3v) is 4.90. The number of fused-ring (bicyclic) bond motifs is 6. The topological polar surface area (TPSA) is 44.3 Å². The SMILES string of the molecule is C1=C[N-]B(c2ccccn2)C=C1.[Ir].[c-]1cccc2c1c1nccn1c1ccccc21. The standard InChI is InChI=1S/C15H9N2.C9H8BN2.Ir/c1-2-7-13-11(5-1)12-6-3-4-8-14(12)17-10-9-16-15(13)17;1-3-7-11-9(5-1)10-6-2-4-8-12-10;/h1-6,8-10H;1-8H;/q2*-1;. The first-order valence-electron chi connectivity index (χ1n) is 9.50. The van der Waals surface area contributed by atoms with Gasteiger partial charge in [-0.2, -0.15) is 6.20 Å². The number of hydrogen-bond acceptors (Lipinski definition) is 2. The molecule has 6 rings (SSSR count). The normalized spacial score (nSPS) is 12.3. The quantitative estimate of drug-likeness (QED) is 0.168. The van der Waals surface area contributed by atoms with E-state index in [1.807, 2.05) is 60.9 Å². The van der Waals surface area contributed by atoms with Crippen LogP contribution in [0.25, 0.3) is 32.6 Å². The average molecular weight is 564 g/mol. The van der Waals surface area contributed by atoms with Crippen LogP contribution in [0.1, 0.15) is 0 Å². The third kappa shape index (κ3) is 3.80. The first kappa shape index (κ1) is 20.1. The van der Waals surface area contributed by atoms with Crippen LogP contribution in [0.3, 0.4) is 0 Å². The van der Waals surface area contributed by atoms with Crippen molar-refractivity contribution in [3.05, 3.63) is 115 Å². The van der Waals surface area contributed by atoms with E-state index >= 15 is 0 Å². The fourth-order valence-corrected chi connectivity index (χ4v) is 3.58. The number of nitrogens with zero attached hydrogens (tertiary/aromatic N) is 4. The van der Waals surface area contributed by atoms with Crippen LogP contribution in [0.5, 0.6) is 0 Å². The Kier molecular flexibility index (Phi) is 6.08. The van der Waals surface area contributed by atoms with E-state index in [4.69, 9.17) is 0 Å². The number of allylic oxidation sites excluding steroid dienone is 2. The largest absolute Gasteiger partial charge is 0.704 e. The Morgan fingerprint density at radius 3 is 2.57 bits per heavy atom. The predicted octanol–water partition coefficient (Wildman–Crippen LogP) is 4.71. The minimum atomic E-state index is 0. The van der Waals surface area contributed by atoms with Crippen LogP contribution in [-0.2, 0) is 20.1 Å². The van der Waals surface area contributed by atoms with Crippen LogP contribution >= 0.6 is 0 Å². The number of rotatable bonds is 1. The molecule has 2 aromatic carbocycles. The maximum absolute atomic E-state index is 4.43. The number of aromatic nitrogens is 3. The molecule has 1 aliphatic rings. The van der Waals surface area contributed by atoms with Gasteiger partial charge < -0.3 is 9.63 Å². The molecule has 1 aliphatic heterocycles. The minimum Gasteiger partial charge on any atom is -0.704 e. The van der Waals surface area contributed by atoms with Crippen molar-refractivity contribution in [3.63, 3.8) is 0 Å². The van der Waals surface area contributed by atoms with Gasteiger partial charge in [0.25, 0.3) is 0 Å². The zero-order valence-electron chi connectivity index (χ0n) is 16.0. The van der Waals surface area contributed by atoms with Gasteiger partial charge in [0.15, 0.2) is 0 Å². The Morgan fingerprint density at radius 2 is 1.73 bits per heavy atom. The number of imidazole rings is 1. The molecule has 0 atom stereocenters. The summed E-state index contributed by atoms with van der Waals surface area (Å²) < 4.78 is 2.12. The van der Waals surface area contributed by atoms with Crippen molar-refractivity contribution < 1.29 is 20.1 Å². The van der Waals surface area contributed by atoms with Gasteiger partial charge in [0.05, 0.1) is 5.65 Å². The second kappa shape index (κ2) is 9.08. The second-order valence-electron chi connectivity index (χ2n) is 6.67. The maximum atomic E-state index is 4.43. The summed E-state index contributed by atoms with van der Waals surface area (Å²) in [5.74, 6) is 2.03. The van der Waals surface area contributed by atoms with E-state index in [2.05, 4.69) is 56.0 Å². The van der Waals surface area contributed by atoms with Crippen LogP contribution in [0, 0.1) is 6.07 Å². The molecule has 0 bridgehead atoms. The number of hydrogen-bond donors (Lipinski definition) is 0. The van der Waals surface area contributed by atoms with Crippen LogP contribution in [0.2, 0.25) is 0 Å². The number of para-hydroxylation sites is 1. The molecule has 0 amide bonds. The van der Waals surface area contributed by atoms with E-state index in [0.29, 0.717) is 0 Å². The monoisotopic (exact) mass is 565 g/mol. The molecular formula is C24H17BIrN4-2. The molecule has 4 nitrogen and oxygen atoms in total. The predicted molar refractivity (Wildman–Crippen MR) is 120 cm³/mol.